The minimum atomic E-state index is -3.45. The van der Waals surface area contributed by atoms with E-state index < -0.39 is 20.0 Å². The van der Waals surface area contributed by atoms with Gasteiger partial charge in [0, 0.05) is 22.4 Å². The van der Waals surface area contributed by atoms with Gasteiger partial charge in [0.1, 0.15) is 0 Å². The second-order valence-electron chi connectivity index (χ2n) is 6.18. The molecule has 2 aromatic carbocycles. The normalized spacial score (nSPS) is 13.3. The number of hydrogen-bond donors (Lipinski definition) is 2. The molecule has 0 spiro atoms. The maximum Gasteiger partial charge on any atom is 0.240 e. The number of benzene rings is 2. The van der Waals surface area contributed by atoms with Crippen LogP contribution in [0.4, 0.5) is 5.69 Å². The fraction of sp³-hybridized carbons (Fsp3) is 0.333. The molecule has 2 aromatic rings. The second kappa shape index (κ2) is 9.59. The fourth-order valence-electron chi connectivity index (χ4n) is 2.39. The van der Waals surface area contributed by atoms with Gasteiger partial charge in [0.25, 0.3) is 0 Å². The molecule has 0 radical (unpaired) electrons. The number of thioether (sulfide) groups is 1. The maximum atomic E-state index is 12.1. The van der Waals surface area contributed by atoms with Crippen LogP contribution in [0.1, 0.15) is 19.8 Å². The zero-order valence-corrected chi connectivity index (χ0v) is 17.7. The third-order valence-corrected chi connectivity index (χ3v) is 6.89. The highest BCUT2D eigenvalue weighted by molar-refractivity contribution is 8.00. The molecular formula is C18H24N2O4S3. The summed E-state index contributed by atoms with van der Waals surface area (Å²) in [6.07, 6.45) is 2.70. The number of anilines is 1. The minimum absolute atomic E-state index is 0.273. The van der Waals surface area contributed by atoms with E-state index in [1.807, 2.05) is 12.1 Å². The van der Waals surface area contributed by atoms with Crippen LogP contribution in [0.15, 0.2) is 64.4 Å². The van der Waals surface area contributed by atoms with E-state index in [1.165, 1.54) is 0 Å². The van der Waals surface area contributed by atoms with Gasteiger partial charge in [0.2, 0.25) is 20.0 Å². The Morgan fingerprint density at radius 1 is 0.963 bits per heavy atom. The molecule has 9 heteroatoms. The van der Waals surface area contributed by atoms with Crippen LogP contribution in [-0.2, 0) is 20.0 Å². The number of sulfonamides is 2. The Balaban J connectivity index is 1.75. The summed E-state index contributed by atoms with van der Waals surface area (Å²) in [7, 11) is -6.72. The Bertz CT molecular complexity index is 928. The van der Waals surface area contributed by atoms with Crippen LogP contribution in [0.5, 0.6) is 0 Å². The van der Waals surface area contributed by atoms with Gasteiger partial charge >= 0.3 is 0 Å². The van der Waals surface area contributed by atoms with Crippen LogP contribution < -0.4 is 9.44 Å². The van der Waals surface area contributed by atoms with Crippen LogP contribution in [0.25, 0.3) is 0 Å². The molecule has 6 nitrogen and oxygen atoms in total. The first-order valence-electron chi connectivity index (χ1n) is 8.45. The van der Waals surface area contributed by atoms with Crippen molar-refractivity contribution in [1.29, 1.82) is 0 Å². The smallest absolute Gasteiger partial charge is 0.240 e. The molecule has 0 fully saturated rings. The lowest BCUT2D eigenvalue weighted by Crippen LogP contribution is -2.25. The van der Waals surface area contributed by atoms with Crippen molar-refractivity contribution in [3.8, 4) is 0 Å². The van der Waals surface area contributed by atoms with E-state index >= 15 is 0 Å². The SMILES string of the molecule is CC(CCCNS(=O)(=O)c1ccccc1)Sc1ccc(NS(C)(=O)=O)cc1. The van der Waals surface area contributed by atoms with Crippen molar-refractivity contribution in [1.82, 2.24) is 4.72 Å². The van der Waals surface area contributed by atoms with Crippen LogP contribution in [-0.4, -0.2) is 34.9 Å². The summed E-state index contributed by atoms with van der Waals surface area (Å²) < 4.78 is 51.7. The lowest BCUT2D eigenvalue weighted by molar-refractivity contribution is 0.576. The zero-order valence-electron chi connectivity index (χ0n) is 15.3. The number of hydrogen-bond acceptors (Lipinski definition) is 5. The second-order valence-corrected chi connectivity index (χ2v) is 11.2. The standard InChI is InChI=1S/C18H24N2O4S3/c1-15(25-17-12-10-16(11-13-17)20-26(2,21)22)7-6-14-19-27(23,24)18-8-4-3-5-9-18/h3-5,8-13,15,19-20H,6-7,14H2,1-2H3. The lowest BCUT2D eigenvalue weighted by atomic mass is 10.2. The average Bonchev–Trinajstić information content (AvgIpc) is 2.60. The Labute approximate surface area is 165 Å². The molecule has 0 aliphatic rings. The first-order chi connectivity index (χ1) is 12.7. The number of rotatable bonds is 10. The van der Waals surface area contributed by atoms with Gasteiger partial charge in [-0.1, -0.05) is 25.1 Å². The van der Waals surface area contributed by atoms with E-state index in [2.05, 4.69) is 16.4 Å². The summed E-state index contributed by atoms with van der Waals surface area (Å²) in [4.78, 5) is 1.31. The summed E-state index contributed by atoms with van der Waals surface area (Å²) in [5, 5.41) is 0.306. The quantitative estimate of drug-likeness (QED) is 0.447. The van der Waals surface area contributed by atoms with Gasteiger partial charge in [-0.25, -0.2) is 21.6 Å². The molecular weight excluding hydrogens is 404 g/mol. The van der Waals surface area contributed by atoms with Crippen molar-refractivity contribution < 1.29 is 16.8 Å². The van der Waals surface area contributed by atoms with E-state index in [9.17, 15) is 16.8 Å². The summed E-state index contributed by atoms with van der Waals surface area (Å²) >= 11 is 1.67. The molecule has 0 aromatic heterocycles. The van der Waals surface area contributed by atoms with Crippen LogP contribution >= 0.6 is 11.8 Å². The summed E-state index contributed by atoms with van der Waals surface area (Å²) in [5.74, 6) is 0. The highest BCUT2D eigenvalue weighted by Crippen LogP contribution is 2.27. The molecule has 0 amide bonds. The van der Waals surface area contributed by atoms with Crippen molar-refractivity contribution in [2.24, 2.45) is 0 Å². The van der Waals surface area contributed by atoms with E-state index in [1.54, 1.807) is 54.2 Å². The molecule has 27 heavy (non-hydrogen) atoms. The molecule has 148 valence electrons. The van der Waals surface area contributed by atoms with Gasteiger partial charge in [-0.05, 0) is 49.2 Å². The van der Waals surface area contributed by atoms with Crippen molar-refractivity contribution in [3.63, 3.8) is 0 Å². The molecule has 1 unspecified atom stereocenters. The summed E-state index contributed by atoms with van der Waals surface area (Å²) in [6, 6.07) is 15.5. The molecule has 2 N–H and O–H groups in total. The van der Waals surface area contributed by atoms with Crippen molar-refractivity contribution >= 4 is 37.5 Å². The topological polar surface area (TPSA) is 92.3 Å². The average molecular weight is 429 g/mol. The first-order valence-corrected chi connectivity index (χ1v) is 12.7. The van der Waals surface area contributed by atoms with Crippen molar-refractivity contribution in [2.45, 2.75) is 34.8 Å². The van der Waals surface area contributed by atoms with Gasteiger partial charge in [-0.15, -0.1) is 11.8 Å². The minimum Gasteiger partial charge on any atom is -0.284 e. The predicted octanol–water partition coefficient (Wildman–Crippen LogP) is 3.30. The fourth-order valence-corrected chi connectivity index (χ4v) is 5.09. The Hall–Kier alpha value is -1.55. The summed E-state index contributed by atoms with van der Waals surface area (Å²) in [6.45, 7) is 2.47. The van der Waals surface area contributed by atoms with E-state index in [-0.39, 0.29) is 4.90 Å². The van der Waals surface area contributed by atoms with E-state index in [0.717, 1.165) is 24.0 Å². The van der Waals surface area contributed by atoms with Crippen molar-refractivity contribution in [2.75, 3.05) is 17.5 Å². The largest absolute Gasteiger partial charge is 0.284 e. The maximum absolute atomic E-state index is 12.1. The molecule has 0 bridgehead atoms. The van der Waals surface area contributed by atoms with Gasteiger partial charge in [0.05, 0.1) is 11.2 Å². The monoisotopic (exact) mass is 428 g/mol. The molecule has 0 heterocycles. The molecule has 0 saturated carbocycles. The third kappa shape index (κ3) is 7.92. The van der Waals surface area contributed by atoms with Crippen LogP contribution in [0, 0.1) is 0 Å². The third-order valence-electron chi connectivity index (χ3n) is 3.63. The first kappa shape index (κ1) is 21.7. The van der Waals surface area contributed by atoms with Crippen LogP contribution in [0.2, 0.25) is 0 Å². The Morgan fingerprint density at radius 2 is 1.59 bits per heavy atom. The highest BCUT2D eigenvalue weighted by Gasteiger charge is 2.13. The lowest BCUT2D eigenvalue weighted by Gasteiger charge is -2.12. The van der Waals surface area contributed by atoms with Gasteiger partial charge < -0.3 is 0 Å². The Kier molecular flexibility index (Phi) is 7.72. The molecule has 1 atom stereocenters. The molecule has 0 aliphatic carbocycles. The zero-order chi connectivity index (χ0) is 19.9. The number of nitrogens with one attached hydrogen (secondary N) is 2. The van der Waals surface area contributed by atoms with Crippen LogP contribution in [0.3, 0.4) is 0 Å². The molecule has 0 saturated heterocycles. The van der Waals surface area contributed by atoms with Gasteiger partial charge in [-0.2, -0.15) is 0 Å². The predicted molar refractivity (Wildman–Crippen MR) is 111 cm³/mol. The summed E-state index contributed by atoms with van der Waals surface area (Å²) in [5.41, 5.74) is 0.532. The van der Waals surface area contributed by atoms with E-state index in [0.29, 0.717) is 17.5 Å². The van der Waals surface area contributed by atoms with E-state index in [4.69, 9.17) is 0 Å². The Morgan fingerprint density at radius 3 is 2.19 bits per heavy atom. The highest BCUT2D eigenvalue weighted by atomic mass is 32.2. The van der Waals surface area contributed by atoms with Gasteiger partial charge in [-0.3, -0.25) is 4.72 Å². The van der Waals surface area contributed by atoms with Crippen molar-refractivity contribution in [3.05, 3.63) is 54.6 Å². The van der Waals surface area contributed by atoms with Gasteiger partial charge in [0.15, 0.2) is 0 Å². The molecule has 0 aliphatic heterocycles. The molecule has 2 rings (SSSR count).